The molecule has 0 aromatic heterocycles. The molecule has 0 aliphatic carbocycles. The molecule has 6 nitrogen and oxygen atoms in total. The van der Waals surface area contributed by atoms with Crippen LogP contribution in [-0.2, 0) is 14.2 Å². The van der Waals surface area contributed by atoms with Crippen LogP contribution in [0, 0.1) is 0 Å². The monoisotopic (exact) mass is 326 g/mol. The van der Waals surface area contributed by atoms with Gasteiger partial charge in [0, 0.05) is 38.3 Å². The standard InChI is InChI=1S/C17H30N2O4/c1-17(2,3)23-16(20)18-7-4-13(5-8-18)19-9-11-22-15-12-21-10-6-14(15)19/h13-15H,4-12H2,1-3H3. The largest absolute Gasteiger partial charge is 0.444 e. The summed E-state index contributed by atoms with van der Waals surface area (Å²) in [6, 6.07) is 1.03. The second kappa shape index (κ2) is 6.95. The van der Waals surface area contributed by atoms with Gasteiger partial charge in [-0.3, -0.25) is 4.90 Å². The number of likely N-dealkylation sites (tertiary alicyclic amines) is 1. The first kappa shape index (κ1) is 17.0. The van der Waals surface area contributed by atoms with E-state index in [1.165, 1.54) is 0 Å². The molecule has 3 aliphatic rings. The molecule has 3 heterocycles. The number of piperidine rings is 1. The average Bonchev–Trinajstić information content (AvgIpc) is 2.53. The zero-order valence-electron chi connectivity index (χ0n) is 14.6. The summed E-state index contributed by atoms with van der Waals surface area (Å²) in [5, 5.41) is 0. The minimum Gasteiger partial charge on any atom is -0.444 e. The van der Waals surface area contributed by atoms with Gasteiger partial charge in [-0.1, -0.05) is 0 Å². The fourth-order valence-electron chi connectivity index (χ4n) is 3.87. The third kappa shape index (κ3) is 4.17. The van der Waals surface area contributed by atoms with Gasteiger partial charge in [-0.25, -0.2) is 4.79 Å². The normalized spacial score (nSPS) is 30.8. The number of hydrogen-bond acceptors (Lipinski definition) is 5. The van der Waals surface area contributed by atoms with Crippen LogP contribution < -0.4 is 0 Å². The molecule has 0 spiro atoms. The molecule has 1 amide bonds. The van der Waals surface area contributed by atoms with E-state index in [0.29, 0.717) is 12.1 Å². The SMILES string of the molecule is CC(C)(C)OC(=O)N1CCC(N2CCOC3COCCC32)CC1. The highest BCUT2D eigenvalue weighted by molar-refractivity contribution is 5.68. The summed E-state index contributed by atoms with van der Waals surface area (Å²) in [6.45, 7) is 10.6. The summed E-state index contributed by atoms with van der Waals surface area (Å²) < 4.78 is 16.9. The lowest BCUT2D eigenvalue weighted by Crippen LogP contribution is -2.60. The van der Waals surface area contributed by atoms with Crippen LogP contribution in [-0.4, -0.2) is 79.1 Å². The van der Waals surface area contributed by atoms with Gasteiger partial charge in [0.1, 0.15) is 5.60 Å². The summed E-state index contributed by atoms with van der Waals surface area (Å²) in [7, 11) is 0. The molecule has 3 saturated heterocycles. The van der Waals surface area contributed by atoms with E-state index in [1.54, 1.807) is 0 Å². The number of morpholine rings is 1. The Hall–Kier alpha value is -0.850. The predicted octanol–water partition coefficient (Wildman–Crippen LogP) is 1.88. The number of amides is 1. The van der Waals surface area contributed by atoms with E-state index in [0.717, 1.165) is 58.7 Å². The number of nitrogens with zero attached hydrogens (tertiary/aromatic N) is 2. The first-order chi connectivity index (χ1) is 10.9. The lowest BCUT2D eigenvalue weighted by atomic mass is 9.95. The number of ether oxygens (including phenoxy) is 3. The van der Waals surface area contributed by atoms with Crippen LogP contribution in [0.3, 0.4) is 0 Å². The molecule has 0 radical (unpaired) electrons. The van der Waals surface area contributed by atoms with E-state index in [-0.39, 0.29) is 12.2 Å². The van der Waals surface area contributed by atoms with Crippen LogP contribution >= 0.6 is 0 Å². The van der Waals surface area contributed by atoms with Crippen LogP contribution in [0.25, 0.3) is 0 Å². The van der Waals surface area contributed by atoms with Crippen LogP contribution in [0.1, 0.15) is 40.0 Å². The molecule has 0 saturated carbocycles. The lowest BCUT2D eigenvalue weighted by Gasteiger charge is -2.48. The summed E-state index contributed by atoms with van der Waals surface area (Å²) in [5.41, 5.74) is -0.423. The van der Waals surface area contributed by atoms with Crippen molar-refractivity contribution in [2.45, 2.75) is 63.8 Å². The second-order valence-electron chi connectivity index (χ2n) is 7.78. The topological polar surface area (TPSA) is 51.2 Å². The summed E-state index contributed by atoms with van der Waals surface area (Å²) in [5.74, 6) is 0. The Morgan fingerprint density at radius 2 is 1.83 bits per heavy atom. The fourth-order valence-corrected chi connectivity index (χ4v) is 3.87. The van der Waals surface area contributed by atoms with E-state index in [9.17, 15) is 4.79 Å². The number of rotatable bonds is 1. The molecule has 3 aliphatic heterocycles. The maximum Gasteiger partial charge on any atom is 0.410 e. The van der Waals surface area contributed by atoms with Crippen molar-refractivity contribution < 1.29 is 19.0 Å². The van der Waals surface area contributed by atoms with E-state index < -0.39 is 5.60 Å². The summed E-state index contributed by atoms with van der Waals surface area (Å²) in [6.07, 6.45) is 3.13. The molecule has 3 fully saturated rings. The highest BCUT2D eigenvalue weighted by Crippen LogP contribution is 2.28. The van der Waals surface area contributed by atoms with Crippen molar-refractivity contribution in [3.8, 4) is 0 Å². The molecule has 3 rings (SSSR count). The highest BCUT2D eigenvalue weighted by atomic mass is 16.6. The van der Waals surface area contributed by atoms with Crippen molar-refractivity contribution in [2.24, 2.45) is 0 Å². The fraction of sp³-hybridized carbons (Fsp3) is 0.941. The highest BCUT2D eigenvalue weighted by Gasteiger charge is 2.39. The Balaban J connectivity index is 1.53. The van der Waals surface area contributed by atoms with Gasteiger partial charge in [-0.05, 0) is 40.0 Å². The van der Waals surface area contributed by atoms with Gasteiger partial charge in [-0.2, -0.15) is 0 Å². The number of fused-ring (bicyclic) bond motifs is 1. The first-order valence-corrected chi connectivity index (χ1v) is 8.87. The van der Waals surface area contributed by atoms with E-state index in [4.69, 9.17) is 14.2 Å². The van der Waals surface area contributed by atoms with Gasteiger partial charge in [0.25, 0.3) is 0 Å². The molecule has 0 bridgehead atoms. The molecule has 0 aromatic rings. The molecule has 0 aromatic carbocycles. The van der Waals surface area contributed by atoms with Crippen molar-refractivity contribution in [1.29, 1.82) is 0 Å². The number of carbonyl (C=O) groups excluding carboxylic acids is 1. The van der Waals surface area contributed by atoms with E-state index in [1.807, 2.05) is 25.7 Å². The molecule has 6 heteroatoms. The van der Waals surface area contributed by atoms with E-state index >= 15 is 0 Å². The Morgan fingerprint density at radius 3 is 2.52 bits per heavy atom. The molecular weight excluding hydrogens is 296 g/mol. The minimum absolute atomic E-state index is 0.179. The van der Waals surface area contributed by atoms with Gasteiger partial charge in [0.05, 0.1) is 19.3 Å². The van der Waals surface area contributed by atoms with Gasteiger partial charge < -0.3 is 19.1 Å². The minimum atomic E-state index is -0.423. The molecule has 132 valence electrons. The van der Waals surface area contributed by atoms with Crippen LogP contribution in [0.5, 0.6) is 0 Å². The molecule has 23 heavy (non-hydrogen) atoms. The maximum atomic E-state index is 12.2. The van der Waals surface area contributed by atoms with Gasteiger partial charge in [0.2, 0.25) is 0 Å². The van der Waals surface area contributed by atoms with Crippen molar-refractivity contribution in [3.63, 3.8) is 0 Å². The maximum absolute atomic E-state index is 12.2. The number of hydrogen-bond donors (Lipinski definition) is 0. The first-order valence-electron chi connectivity index (χ1n) is 8.87. The average molecular weight is 326 g/mol. The zero-order chi connectivity index (χ0) is 16.4. The zero-order valence-corrected chi connectivity index (χ0v) is 14.6. The third-order valence-corrected chi connectivity index (χ3v) is 4.96. The molecular formula is C17H30N2O4. The summed E-state index contributed by atoms with van der Waals surface area (Å²) in [4.78, 5) is 16.6. The quantitative estimate of drug-likeness (QED) is 0.736. The lowest BCUT2D eigenvalue weighted by molar-refractivity contribution is -0.148. The predicted molar refractivity (Wildman–Crippen MR) is 86.5 cm³/mol. The molecule has 2 atom stereocenters. The van der Waals surface area contributed by atoms with Crippen molar-refractivity contribution in [2.75, 3.05) is 39.5 Å². The molecule has 2 unspecified atom stereocenters. The third-order valence-electron chi connectivity index (χ3n) is 4.96. The molecule has 0 N–H and O–H groups in total. The second-order valence-corrected chi connectivity index (χ2v) is 7.78. The van der Waals surface area contributed by atoms with Crippen molar-refractivity contribution >= 4 is 6.09 Å². The van der Waals surface area contributed by atoms with Crippen LogP contribution in [0.15, 0.2) is 0 Å². The Morgan fingerprint density at radius 1 is 1.09 bits per heavy atom. The van der Waals surface area contributed by atoms with Gasteiger partial charge >= 0.3 is 6.09 Å². The van der Waals surface area contributed by atoms with Crippen molar-refractivity contribution in [1.82, 2.24) is 9.80 Å². The Bertz CT molecular complexity index is 413. The smallest absolute Gasteiger partial charge is 0.410 e. The van der Waals surface area contributed by atoms with Gasteiger partial charge in [0.15, 0.2) is 0 Å². The Labute approximate surface area is 139 Å². The van der Waals surface area contributed by atoms with Crippen LogP contribution in [0.4, 0.5) is 4.79 Å². The summed E-state index contributed by atoms with van der Waals surface area (Å²) >= 11 is 0. The Kier molecular flexibility index (Phi) is 5.13. The van der Waals surface area contributed by atoms with Crippen molar-refractivity contribution in [3.05, 3.63) is 0 Å². The number of carbonyl (C=O) groups is 1. The van der Waals surface area contributed by atoms with Gasteiger partial charge in [-0.15, -0.1) is 0 Å². The van der Waals surface area contributed by atoms with E-state index in [2.05, 4.69) is 4.90 Å². The van der Waals surface area contributed by atoms with Crippen LogP contribution in [0.2, 0.25) is 0 Å².